The number of halogens is 2. The van der Waals surface area contributed by atoms with E-state index in [1.807, 2.05) is 30.4 Å². The third-order valence-electron chi connectivity index (χ3n) is 4.93. The third-order valence-corrected chi connectivity index (χ3v) is 4.93. The summed E-state index contributed by atoms with van der Waals surface area (Å²) in [5.41, 5.74) is 2.17. The van der Waals surface area contributed by atoms with Gasteiger partial charge in [-0.3, -0.25) is 0 Å². The number of aromatic nitrogens is 2. The van der Waals surface area contributed by atoms with Crippen molar-refractivity contribution < 1.29 is 23.0 Å². The summed E-state index contributed by atoms with van der Waals surface area (Å²) in [5.74, 6) is 2.11. The largest absolute Gasteiger partial charge is 0.493 e. The molecule has 0 radical (unpaired) electrons. The number of rotatable bonds is 7. The maximum atomic E-state index is 12.4. The Kier molecular flexibility index (Phi) is 5.64. The molecule has 0 bridgehead atoms. The molecule has 0 amide bonds. The minimum absolute atomic E-state index is 0.0896. The lowest BCUT2D eigenvalue weighted by Gasteiger charge is -2.18. The van der Waals surface area contributed by atoms with Crippen LogP contribution in [0.4, 0.5) is 8.78 Å². The lowest BCUT2D eigenvalue weighted by molar-refractivity contribution is -0.0497. The Bertz CT molecular complexity index is 1010. The molecule has 7 heteroatoms. The quantitative estimate of drug-likeness (QED) is 0.556. The minimum Gasteiger partial charge on any atom is -0.493 e. The van der Waals surface area contributed by atoms with Gasteiger partial charge in [-0.25, -0.2) is 4.98 Å². The SMILES string of the molecule is COc1cccc(/C=C/c2nc3ccc(OC(F)F)cc3[nH]2)c1OC1CCCC1. The number of benzene rings is 2. The maximum absolute atomic E-state index is 12.4. The van der Waals surface area contributed by atoms with Crippen LogP contribution in [-0.2, 0) is 0 Å². The van der Waals surface area contributed by atoms with Gasteiger partial charge in [-0.1, -0.05) is 12.1 Å². The van der Waals surface area contributed by atoms with Crippen LogP contribution in [0.1, 0.15) is 37.1 Å². The highest BCUT2D eigenvalue weighted by Gasteiger charge is 2.20. The van der Waals surface area contributed by atoms with E-state index in [-0.39, 0.29) is 11.9 Å². The van der Waals surface area contributed by atoms with Crippen molar-refractivity contribution in [3.63, 3.8) is 0 Å². The summed E-state index contributed by atoms with van der Waals surface area (Å²) in [6.07, 6.45) is 8.40. The van der Waals surface area contributed by atoms with Crippen molar-refractivity contribution in [3.05, 3.63) is 47.8 Å². The molecule has 29 heavy (non-hydrogen) atoms. The van der Waals surface area contributed by atoms with Crippen LogP contribution in [-0.4, -0.2) is 29.8 Å². The summed E-state index contributed by atoms with van der Waals surface area (Å²) < 4.78 is 40.9. The summed E-state index contributed by atoms with van der Waals surface area (Å²) >= 11 is 0. The number of fused-ring (bicyclic) bond motifs is 1. The second kappa shape index (κ2) is 8.51. The zero-order valence-electron chi connectivity index (χ0n) is 16.0. The highest BCUT2D eigenvalue weighted by atomic mass is 19.3. The molecule has 0 spiro atoms. The van der Waals surface area contributed by atoms with Gasteiger partial charge in [-0.15, -0.1) is 0 Å². The number of alkyl halides is 2. The second-order valence-electron chi connectivity index (χ2n) is 6.92. The van der Waals surface area contributed by atoms with Crippen molar-refractivity contribution in [1.82, 2.24) is 9.97 Å². The molecule has 1 fully saturated rings. The van der Waals surface area contributed by atoms with E-state index >= 15 is 0 Å². The smallest absolute Gasteiger partial charge is 0.387 e. The molecule has 2 aromatic carbocycles. The lowest BCUT2D eigenvalue weighted by atomic mass is 10.1. The van der Waals surface area contributed by atoms with Crippen molar-refractivity contribution in [2.75, 3.05) is 7.11 Å². The Balaban J connectivity index is 1.59. The van der Waals surface area contributed by atoms with Crippen molar-refractivity contribution in [2.24, 2.45) is 0 Å². The number of hydrogen-bond acceptors (Lipinski definition) is 4. The molecule has 0 atom stereocenters. The zero-order chi connectivity index (χ0) is 20.2. The molecule has 1 saturated carbocycles. The summed E-state index contributed by atoms with van der Waals surface area (Å²) in [4.78, 5) is 7.57. The van der Waals surface area contributed by atoms with Crippen LogP contribution in [0, 0.1) is 0 Å². The number of hydrogen-bond donors (Lipinski definition) is 1. The molecule has 0 unspecified atom stereocenters. The Hall–Kier alpha value is -3.09. The second-order valence-corrected chi connectivity index (χ2v) is 6.92. The molecule has 1 aliphatic carbocycles. The standard InChI is InChI=1S/C22H22F2N2O3/c1-27-19-8-4-5-14(21(19)28-15-6-2-3-7-15)9-12-20-25-17-11-10-16(29-22(23)24)13-18(17)26-20/h4-5,8-13,15,22H,2-3,6-7H2,1H3,(H,25,26)/b12-9+. The van der Waals surface area contributed by atoms with Crippen molar-refractivity contribution >= 4 is 23.2 Å². The molecule has 1 aromatic heterocycles. The van der Waals surface area contributed by atoms with E-state index in [0.717, 1.165) is 24.2 Å². The highest BCUT2D eigenvalue weighted by molar-refractivity contribution is 5.80. The van der Waals surface area contributed by atoms with Gasteiger partial charge >= 0.3 is 6.61 Å². The van der Waals surface area contributed by atoms with Gasteiger partial charge in [0.25, 0.3) is 0 Å². The van der Waals surface area contributed by atoms with E-state index in [1.54, 1.807) is 13.2 Å². The fourth-order valence-electron chi connectivity index (χ4n) is 3.56. The number of methoxy groups -OCH3 is 1. The first-order valence-corrected chi connectivity index (χ1v) is 9.58. The molecular weight excluding hydrogens is 378 g/mol. The van der Waals surface area contributed by atoms with Crippen LogP contribution in [0.15, 0.2) is 36.4 Å². The van der Waals surface area contributed by atoms with Crippen molar-refractivity contribution in [3.8, 4) is 17.2 Å². The molecule has 4 rings (SSSR count). The van der Waals surface area contributed by atoms with Gasteiger partial charge in [-0.2, -0.15) is 8.78 Å². The highest BCUT2D eigenvalue weighted by Crippen LogP contribution is 2.35. The predicted octanol–water partition coefficient (Wildman–Crippen LogP) is 5.66. The Morgan fingerprint density at radius 1 is 1.14 bits per heavy atom. The summed E-state index contributed by atoms with van der Waals surface area (Å²) in [5, 5.41) is 0. The van der Waals surface area contributed by atoms with E-state index in [0.29, 0.717) is 22.6 Å². The monoisotopic (exact) mass is 400 g/mol. The number of para-hydroxylation sites is 1. The normalized spacial score (nSPS) is 14.9. The molecule has 1 aliphatic rings. The molecular formula is C22H22F2N2O3. The molecule has 0 saturated heterocycles. The first-order chi connectivity index (χ1) is 14.1. The van der Waals surface area contributed by atoms with Crippen molar-refractivity contribution in [2.45, 2.75) is 38.4 Å². The first kappa shape index (κ1) is 19.2. The Morgan fingerprint density at radius 2 is 1.97 bits per heavy atom. The lowest BCUT2D eigenvalue weighted by Crippen LogP contribution is -2.12. The van der Waals surface area contributed by atoms with E-state index in [1.165, 1.54) is 25.0 Å². The van der Waals surface area contributed by atoms with E-state index < -0.39 is 6.61 Å². The van der Waals surface area contributed by atoms with Gasteiger partial charge in [0.15, 0.2) is 11.5 Å². The van der Waals surface area contributed by atoms with Crippen LogP contribution in [0.25, 0.3) is 23.2 Å². The van der Waals surface area contributed by atoms with Crippen molar-refractivity contribution in [1.29, 1.82) is 0 Å². The number of nitrogens with one attached hydrogen (secondary N) is 1. The van der Waals surface area contributed by atoms with Gasteiger partial charge in [0.05, 0.1) is 24.2 Å². The van der Waals surface area contributed by atoms with Crippen LogP contribution in [0.5, 0.6) is 17.2 Å². The predicted molar refractivity (Wildman–Crippen MR) is 108 cm³/mol. The molecule has 3 aromatic rings. The summed E-state index contributed by atoms with van der Waals surface area (Å²) in [7, 11) is 1.63. The molecule has 152 valence electrons. The van der Waals surface area contributed by atoms with E-state index in [9.17, 15) is 8.78 Å². The number of aromatic amines is 1. The van der Waals surface area contributed by atoms with E-state index in [2.05, 4.69) is 14.7 Å². The van der Waals surface area contributed by atoms with Gasteiger partial charge in [0.1, 0.15) is 11.6 Å². The zero-order valence-corrected chi connectivity index (χ0v) is 16.0. The maximum Gasteiger partial charge on any atom is 0.387 e. The Labute approximate surface area is 167 Å². The average Bonchev–Trinajstić information content (AvgIpc) is 3.35. The van der Waals surface area contributed by atoms with Gasteiger partial charge < -0.3 is 19.2 Å². The summed E-state index contributed by atoms with van der Waals surface area (Å²) in [6.45, 7) is -2.86. The van der Waals surface area contributed by atoms with E-state index in [4.69, 9.17) is 9.47 Å². The molecule has 5 nitrogen and oxygen atoms in total. The van der Waals surface area contributed by atoms with Crippen LogP contribution >= 0.6 is 0 Å². The fraction of sp³-hybridized carbons (Fsp3) is 0.318. The first-order valence-electron chi connectivity index (χ1n) is 9.58. The number of H-pyrrole nitrogens is 1. The topological polar surface area (TPSA) is 56.4 Å². The molecule has 1 N–H and O–H groups in total. The number of imidazole rings is 1. The third kappa shape index (κ3) is 4.50. The van der Waals surface area contributed by atoms with Gasteiger partial charge in [-0.05, 0) is 56.0 Å². The van der Waals surface area contributed by atoms with Gasteiger partial charge in [0, 0.05) is 11.6 Å². The number of nitrogens with zero attached hydrogens (tertiary/aromatic N) is 1. The Morgan fingerprint density at radius 3 is 2.72 bits per heavy atom. The van der Waals surface area contributed by atoms with Gasteiger partial charge in [0.2, 0.25) is 0 Å². The van der Waals surface area contributed by atoms with Crippen LogP contribution in [0.3, 0.4) is 0 Å². The van der Waals surface area contributed by atoms with Crippen LogP contribution in [0.2, 0.25) is 0 Å². The number of ether oxygens (including phenoxy) is 3. The molecule has 1 heterocycles. The van der Waals surface area contributed by atoms with Crippen LogP contribution < -0.4 is 14.2 Å². The molecule has 0 aliphatic heterocycles. The fourth-order valence-corrected chi connectivity index (χ4v) is 3.56. The summed E-state index contributed by atoms with van der Waals surface area (Å²) in [6, 6.07) is 10.4. The minimum atomic E-state index is -2.86. The average molecular weight is 400 g/mol.